The standard InChI is InChI=1S/C20H25FN2O3S/c1-15(22-27(2,24)25)17-5-3-16(4-6-17)13-23-11-12-26-20(14-23)18-7-9-19(21)10-8-18/h3-10,15,20,22H,11-14H2,1-2H3. The highest BCUT2D eigenvalue weighted by Gasteiger charge is 2.22. The average molecular weight is 392 g/mol. The third kappa shape index (κ3) is 5.84. The highest BCUT2D eigenvalue weighted by molar-refractivity contribution is 7.88. The molecule has 1 aliphatic rings. The molecule has 1 heterocycles. The van der Waals surface area contributed by atoms with Gasteiger partial charge >= 0.3 is 0 Å². The van der Waals surface area contributed by atoms with Crippen LogP contribution in [-0.2, 0) is 21.3 Å². The molecule has 7 heteroatoms. The Hall–Kier alpha value is -1.80. The van der Waals surface area contributed by atoms with Crippen LogP contribution in [-0.4, -0.2) is 39.3 Å². The van der Waals surface area contributed by atoms with Crippen LogP contribution in [0.2, 0.25) is 0 Å². The number of nitrogens with zero attached hydrogens (tertiary/aromatic N) is 1. The molecular weight excluding hydrogens is 367 g/mol. The minimum atomic E-state index is -3.24. The van der Waals surface area contributed by atoms with E-state index in [0.29, 0.717) is 6.61 Å². The topological polar surface area (TPSA) is 58.6 Å². The Kier molecular flexibility index (Phi) is 6.26. The summed E-state index contributed by atoms with van der Waals surface area (Å²) in [6, 6.07) is 14.2. The van der Waals surface area contributed by atoms with Crippen LogP contribution in [0.4, 0.5) is 4.39 Å². The Labute approximate surface area is 160 Å². The third-order valence-electron chi connectivity index (χ3n) is 4.67. The zero-order chi connectivity index (χ0) is 19.4. The number of sulfonamides is 1. The zero-order valence-corrected chi connectivity index (χ0v) is 16.4. The lowest BCUT2D eigenvalue weighted by Gasteiger charge is -2.33. The molecule has 27 heavy (non-hydrogen) atoms. The second kappa shape index (κ2) is 8.48. The quantitative estimate of drug-likeness (QED) is 0.821. The molecule has 0 saturated carbocycles. The molecule has 0 aromatic heterocycles. The summed E-state index contributed by atoms with van der Waals surface area (Å²) in [6.07, 6.45) is 1.10. The summed E-state index contributed by atoms with van der Waals surface area (Å²) >= 11 is 0. The van der Waals surface area contributed by atoms with Gasteiger partial charge in [0.25, 0.3) is 0 Å². The fourth-order valence-corrected chi connectivity index (χ4v) is 4.06. The first-order valence-corrected chi connectivity index (χ1v) is 10.8. The Balaban J connectivity index is 1.60. The first-order valence-electron chi connectivity index (χ1n) is 8.96. The van der Waals surface area contributed by atoms with Gasteiger partial charge in [0.05, 0.1) is 19.0 Å². The molecule has 1 aliphatic heterocycles. The van der Waals surface area contributed by atoms with Gasteiger partial charge in [0.2, 0.25) is 10.0 Å². The molecule has 1 saturated heterocycles. The SMILES string of the molecule is CC(NS(C)(=O)=O)c1ccc(CN2CCOC(c3ccc(F)cc3)C2)cc1. The maximum Gasteiger partial charge on any atom is 0.209 e. The van der Waals surface area contributed by atoms with E-state index in [0.717, 1.165) is 42.6 Å². The van der Waals surface area contributed by atoms with Crippen LogP contribution in [0.3, 0.4) is 0 Å². The normalized spacial score (nSPS) is 19.7. The van der Waals surface area contributed by atoms with E-state index in [1.165, 1.54) is 12.1 Å². The summed E-state index contributed by atoms with van der Waals surface area (Å²) in [4.78, 5) is 2.31. The van der Waals surface area contributed by atoms with E-state index in [9.17, 15) is 12.8 Å². The minimum Gasteiger partial charge on any atom is -0.371 e. The monoisotopic (exact) mass is 392 g/mol. The molecule has 0 aliphatic carbocycles. The Morgan fingerprint density at radius 3 is 2.48 bits per heavy atom. The van der Waals surface area contributed by atoms with Gasteiger partial charge in [-0.3, -0.25) is 4.90 Å². The van der Waals surface area contributed by atoms with Crippen molar-refractivity contribution in [3.8, 4) is 0 Å². The molecular formula is C20H25FN2O3S. The van der Waals surface area contributed by atoms with Gasteiger partial charge in [-0.2, -0.15) is 0 Å². The summed E-state index contributed by atoms with van der Waals surface area (Å²) < 4.78 is 44.3. The van der Waals surface area contributed by atoms with Crippen LogP contribution in [0.1, 0.15) is 35.8 Å². The van der Waals surface area contributed by atoms with Crippen molar-refractivity contribution < 1.29 is 17.5 Å². The van der Waals surface area contributed by atoms with Crippen molar-refractivity contribution in [2.75, 3.05) is 26.0 Å². The maximum atomic E-state index is 13.1. The number of nitrogens with one attached hydrogen (secondary N) is 1. The molecule has 3 rings (SSSR count). The van der Waals surface area contributed by atoms with E-state index < -0.39 is 10.0 Å². The second-order valence-electron chi connectivity index (χ2n) is 7.00. The van der Waals surface area contributed by atoms with Gasteiger partial charge in [-0.05, 0) is 35.7 Å². The van der Waals surface area contributed by atoms with Crippen molar-refractivity contribution in [1.29, 1.82) is 0 Å². The summed E-state index contributed by atoms with van der Waals surface area (Å²) in [7, 11) is -3.24. The lowest BCUT2D eigenvalue weighted by molar-refractivity contribution is -0.0329. The molecule has 2 aromatic carbocycles. The van der Waals surface area contributed by atoms with E-state index in [2.05, 4.69) is 9.62 Å². The molecule has 5 nitrogen and oxygen atoms in total. The Morgan fingerprint density at radius 1 is 1.19 bits per heavy atom. The number of hydrogen-bond acceptors (Lipinski definition) is 4. The predicted molar refractivity (Wildman–Crippen MR) is 103 cm³/mol. The Morgan fingerprint density at radius 2 is 1.85 bits per heavy atom. The summed E-state index contributed by atoms with van der Waals surface area (Å²) in [6.45, 7) is 4.83. The number of rotatable bonds is 6. The van der Waals surface area contributed by atoms with Crippen molar-refractivity contribution in [2.45, 2.75) is 25.6 Å². The summed E-state index contributed by atoms with van der Waals surface area (Å²) in [5.74, 6) is -0.244. The van der Waals surface area contributed by atoms with E-state index in [4.69, 9.17) is 4.74 Å². The molecule has 0 spiro atoms. The lowest BCUT2D eigenvalue weighted by atomic mass is 10.1. The van der Waals surface area contributed by atoms with Gasteiger partial charge in [0.15, 0.2) is 0 Å². The van der Waals surface area contributed by atoms with E-state index in [1.54, 1.807) is 12.1 Å². The lowest BCUT2D eigenvalue weighted by Crippen LogP contribution is -2.37. The van der Waals surface area contributed by atoms with Crippen LogP contribution in [0.15, 0.2) is 48.5 Å². The molecule has 2 unspecified atom stereocenters. The van der Waals surface area contributed by atoms with Crippen LogP contribution >= 0.6 is 0 Å². The first-order chi connectivity index (χ1) is 12.8. The Bertz CT molecular complexity index is 854. The zero-order valence-electron chi connectivity index (χ0n) is 15.6. The maximum absolute atomic E-state index is 13.1. The fraction of sp³-hybridized carbons (Fsp3) is 0.400. The number of hydrogen-bond donors (Lipinski definition) is 1. The van der Waals surface area contributed by atoms with E-state index in [1.807, 2.05) is 31.2 Å². The van der Waals surface area contributed by atoms with Crippen molar-refractivity contribution in [2.24, 2.45) is 0 Å². The highest BCUT2D eigenvalue weighted by atomic mass is 32.2. The van der Waals surface area contributed by atoms with Gasteiger partial charge in [-0.25, -0.2) is 17.5 Å². The molecule has 2 aromatic rings. The molecule has 1 fully saturated rings. The number of morpholine rings is 1. The van der Waals surface area contributed by atoms with Gasteiger partial charge in [0.1, 0.15) is 5.82 Å². The molecule has 0 amide bonds. The van der Waals surface area contributed by atoms with Gasteiger partial charge in [-0.15, -0.1) is 0 Å². The fourth-order valence-electron chi connectivity index (χ4n) is 3.28. The largest absolute Gasteiger partial charge is 0.371 e. The summed E-state index contributed by atoms with van der Waals surface area (Å²) in [5, 5.41) is 0. The van der Waals surface area contributed by atoms with Crippen molar-refractivity contribution in [1.82, 2.24) is 9.62 Å². The third-order valence-corrected chi connectivity index (χ3v) is 5.45. The average Bonchev–Trinajstić information content (AvgIpc) is 2.62. The van der Waals surface area contributed by atoms with Crippen LogP contribution in [0, 0.1) is 5.82 Å². The minimum absolute atomic E-state index is 0.0578. The highest BCUT2D eigenvalue weighted by Crippen LogP contribution is 2.24. The second-order valence-corrected chi connectivity index (χ2v) is 8.78. The number of halogens is 1. The van der Waals surface area contributed by atoms with Gasteiger partial charge in [0, 0.05) is 25.7 Å². The van der Waals surface area contributed by atoms with Crippen LogP contribution in [0.25, 0.3) is 0 Å². The molecule has 2 atom stereocenters. The molecule has 0 radical (unpaired) electrons. The van der Waals surface area contributed by atoms with Crippen LogP contribution in [0.5, 0.6) is 0 Å². The first kappa shape index (κ1) is 19.9. The molecule has 1 N–H and O–H groups in total. The molecule has 146 valence electrons. The van der Waals surface area contributed by atoms with Crippen molar-refractivity contribution >= 4 is 10.0 Å². The van der Waals surface area contributed by atoms with E-state index in [-0.39, 0.29) is 18.0 Å². The van der Waals surface area contributed by atoms with Crippen molar-refractivity contribution in [3.05, 3.63) is 71.0 Å². The van der Waals surface area contributed by atoms with E-state index >= 15 is 0 Å². The smallest absolute Gasteiger partial charge is 0.209 e. The van der Waals surface area contributed by atoms with Crippen LogP contribution < -0.4 is 4.72 Å². The molecule has 0 bridgehead atoms. The predicted octanol–water partition coefficient (Wildman–Crippen LogP) is 3.01. The number of ether oxygens (including phenoxy) is 1. The van der Waals surface area contributed by atoms with Gasteiger partial charge < -0.3 is 4.74 Å². The summed E-state index contributed by atoms with van der Waals surface area (Å²) in [5.41, 5.74) is 3.07. The number of benzene rings is 2. The van der Waals surface area contributed by atoms with Crippen molar-refractivity contribution in [3.63, 3.8) is 0 Å². The van der Waals surface area contributed by atoms with Gasteiger partial charge in [-0.1, -0.05) is 36.4 Å².